The lowest BCUT2D eigenvalue weighted by molar-refractivity contribution is -0.0893. The summed E-state index contributed by atoms with van der Waals surface area (Å²) in [7, 11) is 1.83. The Balaban J connectivity index is 1.57. The van der Waals surface area contributed by atoms with Gasteiger partial charge in [-0.2, -0.15) is 0 Å². The Morgan fingerprint density at radius 2 is 1.51 bits per heavy atom. The molecule has 0 fully saturated rings. The topological polar surface area (TPSA) is 34.4 Å². The van der Waals surface area contributed by atoms with Gasteiger partial charge in [-0.05, 0) is 62.1 Å². The number of hydrogen-bond acceptors (Lipinski definition) is 2. The third-order valence-electron chi connectivity index (χ3n) is 8.99. The van der Waals surface area contributed by atoms with Crippen molar-refractivity contribution in [1.29, 1.82) is 0 Å². The van der Waals surface area contributed by atoms with Crippen molar-refractivity contribution >= 4 is 34.8 Å². The van der Waals surface area contributed by atoms with E-state index in [0.717, 1.165) is 5.46 Å². The van der Waals surface area contributed by atoms with Gasteiger partial charge in [0, 0.05) is 27.3 Å². The number of para-hydroxylation sites is 2. The fourth-order valence-electron chi connectivity index (χ4n) is 6.19. The number of aromatic nitrogens is 1. The van der Waals surface area contributed by atoms with Crippen molar-refractivity contribution in [2.75, 3.05) is 0 Å². The molecule has 37 heavy (non-hydrogen) atoms. The zero-order valence-corrected chi connectivity index (χ0v) is 22.3. The fourth-order valence-corrected chi connectivity index (χ4v) is 6.19. The second-order valence-corrected chi connectivity index (χ2v) is 12.2. The summed E-state index contributed by atoms with van der Waals surface area (Å²) in [6.07, 6.45) is 0. The Hall–Kier alpha value is -3.34. The first kappa shape index (κ1) is 22.8. The van der Waals surface area contributed by atoms with Crippen LogP contribution in [-0.4, -0.2) is 28.4 Å². The predicted octanol–water partition coefficient (Wildman–Crippen LogP) is 6.88. The summed E-state index contributed by atoms with van der Waals surface area (Å²) >= 11 is 0. The van der Waals surface area contributed by atoms with Gasteiger partial charge in [0.2, 0.25) is 0 Å². The summed E-state index contributed by atoms with van der Waals surface area (Å²) in [4.78, 5) is 0. The van der Waals surface area contributed by atoms with E-state index in [2.05, 4.69) is 91.2 Å². The maximum atomic E-state index is 10.6. The minimum atomic E-state index is -0.982. The van der Waals surface area contributed by atoms with Crippen LogP contribution in [0.15, 0.2) is 72.8 Å². The maximum Gasteiger partial charge on any atom is 0.330 e. The molecule has 1 radical (unpaired) electrons. The van der Waals surface area contributed by atoms with Gasteiger partial charge in [0.15, 0.2) is 0 Å². The van der Waals surface area contributed by atoms with E-state index < -0.39 is 11.2 Å². The monoisotopic (exact) mass is 484 g/mol. The van der Waals surface area contributed by atoms with E-state index in [1.165, 1.54) is 60.9 Å². The van der Waals surface area contributed by atoms with Crippen LogP contribution in [0.5, 0.6) is 0 Å². The lowest BCUT2D eigenvalue weighted by atomic mass is 9.76. The molecule has 0 amide bonds. The molecule has 2 heterocycles. The minimum absolute atomic E-state index is 0.156. The lowest BCUT2D eigenvalue weighted by Gasteiger charge is -2.37. The molecule has 0 saturated carbocycles. The Labute approximate surface area is 219 Å². The van der Waals surface area contributed by atoms with E-state index >= 15 is 0 Å². The van der Waals surface area contributed by atoms with Crippen LogP contribution in [0.25, 0.3) is 49.7 Å². The largest absolute Gasteiger partial charge is 0.427 e. The van der Waals surface area contributed by atoms with Gasteiger partial charge < -0.3 is 14.3 Å². The zero-order chi connectivity index (χ0) is 25.9. The molecule has 4 heteroatoms. The SMILES string of the molecule is CC1(C)c2cc([B]OC(C)(C)C(C)(C)O)cc3c2-c2c1ccc1c4ccccc4n(c21)-c1ccccc1-3. The summed E-state index contributed by atoms with van der Waals surface area (Å²) < 4.78 is 8.71. The first-order valence-electron chi connectivity index (χ1n) is 13.1. The van der Waals surface area contributed by atoms with Crippen molar-refractivity contribution in [1.82, 2.24) is 4.57 Å². The van der Waals surface area contributed by atoms with Gasteiger partial charge in [-0.15, -0.1) is 0 Å². The Morgan fingerprint density at radius 3 is 2.30 bits per heavy atom. The molecule has 5 aromatic rings. The molecule has 1 aliphatic heterocycles. The van der Waals surface area contributed by atoms with Crippen molar-refractivity contribution in [2.24, 2.45) is 0 Å². The van der Waals surface area contributed by atoms with Crippen molar-refractivity contribution in [3.8, 4) is 27.9 Å². The second kappa shape index (κ2) is 7.15. The van der Waals surface area contributed by atoms with Gasteiger partial charge in [-0.1, -0.05) is 80.0 Å². The number of rotatable bonds is 4. The number of fused-ring (bicyclic) bond motifs is 6. The van der Waals surface area contributed by atoms with Crippen LogP contribution in [-0.2, 0) is 10.1 Å². The maximum absolute atomic E-state index is 10.6. The van der Waals surface area contributed by atoms with Crippen molar-refractivity contribution < 1.29 is 9.76 Å². The molecule has 1 N–H and O–H groups in total. The summed E-state index contributed by atoms with van der Waals surface area (Å²) in [6, 6.07) is 26.7. The highest BCUT2D eigenvalue weighted by molar-refractivity contribution is 6.47. The summed E-state index contributed by atoms with van der Waals surface area (Å²) in [5, 5.41) is 13.2. The highest BCUT2D eigenvalue weighted by Gasteiger charge is 2.42. The highest BCUT2D eigenvalue weighted by Crippen LogP contribution is 2.57. The smallest absolute Gasteiger partial charge is 0.330 e. The Morgan fingerprint density at radius 1 is 0.784 bits per heavy atom. The van der Waals surface area contributed by atoms with Crippen molar-refractivity contribution in [3.05, 3.63) is 83.9 Å². The van der Waals surface area contributed by atoms with E-state index in [1.54, 1.807) is 13.8 Å². The fraction of sp³-hybridized carbons (Fsp3) is 0.273. The normalized spacial score (nSPS) is 15.2. The molecular formula is C33H31BNO2. The third kappa shape index (κ3) is 2.91. The van der Waals surface area contributed by atoms with Gasteiger partial charge in [0.25, 0.3) is 0 Å². The van der Waals surface area contributed by atoms with E-state index in [9.17, 15) is 5.11 Å². The summed E-state index contributed by atoms with van der Waals surface area (Å²) in [5.41, 5.74) is 10.7. The Bertz CT molecular complexity index is 1770. The minimum Gasteiger partial charge on any atom is -0.427 e. The first-order valence-corrected chi connectivity index (χ1v) is 13.1. The van der Waals surface area contributed by atoms with E-state index in [-0.39, 0.29) is 5.41 Å². The number of hydrogen-bond donors (Lipinski definition) is 1. The summed E-state index contributed by atoms with van der Waals surface area (Å²) in [6.45, 7) is 12.1. The van der Waals surface area contributed by atoms with Crippen molar-refractivity contribution in [2.45, 2.75) is 58.2 Å². The molecule has 0 saturated heterocycles. The standard InChI is InChI=1S/C33H31BNO2/c1-31(2)24-16-15-22-20-11-7-9-13-26(20)35-27-14-10-8-12-21(27)23-17-19(34-37-33(5,6)32(3,4)36)18-25(31)28(23)29(24)30(22)35/h7-18,36H,1-6H3. The molecule has 0 bridgehead atoms. The molecule has 7 rings (SSSR count). The van der Waals surface area contributed by atoms with Gasteiger partial charge in [-0.3, -0.25) is 0 Å². The van der Waals surface area contributed by atoms with Crippen LogP contribution in [0.1, 0.15) is 52.7 Å². The molecule has 0 unspecified atom stereocenters. The number of benzene rings is 4. The van der Waals surface area contributed by atoms with Crippen LogP contribution in [0.4, 0.5) is 0 Å². The second-order valence-electron chi connectivity index (χ2n) is 12.2. The molecule has 0 atom stereocenters. The number of aliphatic hydroxyl groups is 1. The molecule has 4 aromatic carbocycles. The molecular weight excluding hydrogens is 453 g/mol. The van der Waals surface area contributed by atoms with Gasteiger partial charge in [0.1, 0.15) is 0 Å². The van der Waals surface area contributed by atoms with E-state index in [1.807, 2.05) is 21.3 Å². The first-order chi connectivity index (χ1) is 17.5. The number of nitrogens with zero attached hydrogens (tertiary/aromatic N) is 1. The molecule has 1 aliphatic carbocycles. The Kier molecular flexibility index (Phi) is 4.41. The van der Waals surface area contributed by atoms with Gasteiger partial charge >= 0.3 is 7.48 Å². The van der Waals surface area contributed by atoms with Crippen LogP contribution < -0.4 is 5.46 Å². The molecule has 183 valence electrons. The predicted molar refractivity (Wildman–Crippen MR) is 154 cm³/mol. The van der Waals surface area contributed by atoms with Crippen LogP contribution in [0.2, 0.25) is 0 Å². The van der Waals surface area contributed by atoms with E-state index in [0.29, 0.717) is 0 Å². The van der Waals surface area contributed by atoms with Crippen LogP contribution >= 0.6 is 0 Å². The average molecular weight is 484 g/mol. The molecule has 2 aliphatic rings. The lowest BCUT2D eigenvalue weighted by Crippen LogP contribution is -2.49. The third-order valence-corrected chi connectivity index (χ3v) is 8.99. The van der Waals surface area contributed by atoms with Crippen LogP contribution in [0, 0.1) is 0 Å². The molecule has 1 aromatic heterocycles. The summed E-state index contributed by atoms with van der Waals surface area (Å²) in [5.74, 6) is 0. The van der Waals surface area contributed by atoms with Gasteiger partial charge in [-0.25, -0.2) is 0 Å². The average Bonchev–Trinajstić information content (AvgIpc) is 3.26. The van der Waals surface area contributed by atoms with Crippen molar-refractivity contribution in [3.63, 3.8) is 0 Å². The molecule has 3 nitrogen and oxygen atoms in total. The zero-order valence-electron chi connectivity index (χ0n) is 22.3. The van der Waals surface area contributed by atoms with Crippen LogP contribution in [0.3, 0.4) is 0 Å². The quantitative estimate of drug-likeness (QED) is 0.277. The highest BCUT2D eigenvalue weighted by atomic mass is 16.5. The van der Waals surface area contributed by atoms with E-state index in [4.69, 9.17) is 4.65 Å². The van der Waals surface area contributed by atoms with Gasteiger partial charge in [0.05, 0.1) is 27.9 Å². The molecule has 0 spiro atoms.